The van der Waals surface area contributed by atoms with Crippen LogP contribution in [0.15, 0.2) is 227 Å². The number of rotatable bonds is 4. The van der Waals surface area contributed by atoms with Crippen LogP contribution in [0.1, 0.15) is 0 Å². The summed E-state index contributed by atoms with van der Waals surface area (Å²) in [7, 11) is 0. The molecule has 310 valence electrons. The van der Waals surface area contributed by atoms with Crippen LogP contribution in [0.3, 0.4) is 0 Å². The number of fused-ring (bicyclic) bond motifs is 13. The van der Waals surface area contributed by atoms with Gasteiger partial charge in [-0.25, -0.2) is 0 Å². The van der Waals surface area contributed by atoms with Crippen LogP contribution in [0.2, 0.25) is 0 Å². The molecule has 0 unspecified atom stereocenters. The molecule has 0 radical (unpaired) electrons. The Bertz CT molecular complexity index is 4470. The fraction of sp³-hybridized carbons (Fsp3) is 0. The molecule has 0 spiro atoms. The van der Waals surface area contributed by atoms with Crippen LogP contribution in [0, 0.1) is 0 Å². The van der Waals surface area contributed by atoms with Crippen molar-refractivity contribution < 1.29 is 8.83 Å². The van der Waals surface area contributed by atoms with Crippen LogP contribution in [0.4, 0.5) is 0 Å². The van der Waals surface area contributed by atoms with Gasteiger partial charge < -0.3 is 0 Å². The Balaban J connectivity index is 0.925. The maximum absolute atomic E-state index is 6.44. The molecule has 0 aliphatic rings. The molecule has 15 aromatic rings. The first-order chi connectivity index (χ1) is 33.2. The zero-order chi connectivity index (χ0) is 43.7. The minimum atomic E-state index is 0.0675. The second-order valence-electron chi connectivity index (χ2n) is 17.8. The first-order valence-corrected chi connectivity index (χ1v) is 24.6. The fourth-order valence-electron chi connectivity index (χ4n) is 11.4. The molecule has 12 aromatic carbocycles. The van der Waals surface area contributed by atoms with Gasteiger partial charge in [-0.15, -0.1) is 0 Å². The van der Waals surface area contributed by atoms with E-state index < -0.39 is 0 Å². The Morgan fingerprint density at radius 3 is 1.03 bits per heavy atom. The molecule has 0 saturated heterocycles. The summed E-state index contributed by atoms with van der Waals surface area (Å²) in [5.74, 6) is 0. The summed E-state index contributed by atoms with van der Waals surface area (Å²) in [4.78, 5) is 0. The molecule has 0 amide bonds. The fourth-order valence-corrected chi connectivity index (χ4v) is 14.0. The van der Waals surface area contributed by atoms with E-state index in [1.54, 1.807) is 0 Å². The molecule has 3 heterocycles. The second kappa shape index (κ2) is 14.1. The van der Waals surface area contributed by atoms with Crippen molar-refractivity contribution in [2.24, 2.45) is 0 Å². The molecule has 0 fully saturated rings. The van der Waals surface area contributed by atoms with Gasteiger partial charge in [0.2, 0.25) is 0 Å². The molecule has 0 saturated carbocycles. The van der Waals surface area contributed by atoms with E-state index in [1.165, 1.54) is 95.8 Å². The van der Waals surface area contributed by atoms with E-state index in [9.17, 15) is 0 Å². The molecule has 3 aromatic heterocycles. The van der Waals surface area contributed by atoms with Gasteiger partial charge in [0, 0.05) is 0 Å². The third kappa shape index (κ3) is 5.39. The first kappa shape index (κ1) is 37.1. The molecule has 0 atom stereocenters. The third-order valence-electron chi connectivity index (χ3n) is 14.3. The van der Waals surface area contributed by atoms with Crippen LogP contribution in [0.5, 0.6) is 0 Å². The topological polar surface area (TPSA) is 26.3 Å². The SMILES string of the molecule is c1ccc2c(c1)oc1cc(-c3c4ccccc4c(-c4ccc5c(c4)[se]c4c(-c6c7ccccc7c(-c7ccc8c(c7)oc7ccccc78)c7ccccc67)cccc45)c4ccccc34)ccc12. The summed E-state index contributed by atoms with van der Waals surface area (Å²) >= 11 is 0.0675. The predicted molar refractivity (Wildman–Crippen MR) is 285 cm³/mol. The maximum atomic E-state index is 6.44. The van der Waals surface area contributed by atoms with E-state index in [-0.39, 0.29) is 14.5 Å². The van der Waals surface area contributed by atoms with Gasteiger partial charge in [0.1, 0.15) is 0 Å². The van der Waals surface area contributed by atoms with Crippen LogP contribution in [-0.4, -0.2) is 14.5 Å². The number of hydrogen-bond acceptors (Lipinski definition) is 2. The Hall–Kier alpha value is -8.20. The first-order valence-electron chi connectivity index (χ1n) is 22.9. The van der Waals surface area contributed by atoms with Crippen LogP contribution >= 0.6 is 0 Å². The van der Waals surface area contributed by atoms with Crippen LogP contribution in [-0.2, 0) is 0 Å². The normalized spacial score (nSPS) is 12.2. The molecular weight excluding hydrogens is 880 g/mol. The molecule has 2 nitrogen and oxygen atoms in total. The minimum absolute atomic E-state index is 0.0675. The van der Waals surface area contributed by atoms with Crippen LogP contribution in [0.25, 0.3) is 151 Å². The molecular formula is C64H36O2Se. The summed E-state index contributed by atoms with van der Waals surface area (Å²) in [6.07, 6.45) is 0. The van der Waals surface area contributed by atoms with Crippen molar-refractivity contribution >= 4 is 121 Å². The number of benzene rings is 12. The Labute approximate surface area is 390 Å². The summed E-state index contributed by atoms with van der Waals surface area (Å²) in [5.41, 5.74) is 13.6. The Kier molecular flexibility index (Phi) is 7.83. The number of hydrogen-bond donors (Lipinski definition) is 0. The Morgan fingerprint density at radius 1 is 0.239 bits per heavy atom. The molecule has 15 rings (SSSR count). The summed E-state index contributed by atoms with van der Waals surface area (Å²) in [6.45, 7) is 0. The van der Waals surface area contributed by atoms with E-state index in [2.05, 4.69) is 206 Å². The van der Waals surface area contributed by atoms with Crippen molar-refractivity contribution in [2.45, 2.75) is 0 Å². The monoisotopic (exact) mass is 916 g/mol. The molecule has 0 bridgehead atoms. The van der Waals surface area contributed by atoms with Crippen molar-refractivity contribution in [1.29, 1.82) is 0 Å². The molecule has 3 heteroatoms. The predicted octanol–water partition coefficient (Wildman–Crippen LogP) is 18.1. The van der Waals surface area contributed by atoms with Crippen molar-refractivity contribution in [3.8, 4) is 44.5 Å². The molecule has 0 aliphatic carbocycles. The summed E-state index contributed by atoms with van der Waals surface area (Å²) in [6, 6.07) is 80.2. The van der Waals surface area contributed by atoms with E-state index in [4.69, 9.17) is 8.83 Å². The average Bonchev–Trinajstić information content (AvgIpc) is 4.07. The standard InChI is InChI=1S/C64H36O2Se/c1-3-18-47-45(16-1)60(37-28-31-42-40-14-9-11-26-55(40)65-57(42)34-37)46-17-2-4-19-48(46)62(47)39-30-33-44-53-24-13-25-54(64(53)67-59(44)36-39)63-51-22-7-5-20-49(51)61(50-21-6-8-23-52(50)63)38-29-32-43-41-15-10-12-27-56(41)66-58(43)35-38/h1-36H. The number of para-hydroxylation sites is 2. The van der Waals surface area contributed by atoms with Gasteiger partial charge >= 0.3 is 356 Å². The zero-order valence-corrected chi connectivity index (χ0v) is 37.7. The van der Waals surface area contributed by atoms with Crippen molar-refractivity contribution in [1.82, 2.24) is 0 Å². The molecule has 0 aliphatic heterocycles. The van der Waals surface area contributed by atoms with Gasteiger partial charge in [0.15, 0.2) is 0 Å². The van der Waals surface area contributed by atoms with Gasteiger partial charge in [0.25, 0.3) is 0 Å². The van der Waals surface area contributed by atoms with E-state index in [0.717, 1.165) is 55.0 Å². The molecule has 0 N–H and O–H groups in total. The average molecular weight is 916 g/mol. The van der Waals surface area contributed by atoms with Crippen molar-refractivity contribution in [3.05, 3.63) is 218 Å². The third-order valence-corrected chi connectivity index (χ3v) is 16.8. The Morgan fingerprint density at radius 2 is 0.582 bits per heavy atom. The molecule has 67 heavy (non-hydrogen) atoms. The summed E-state index contributed by atoms with van der Waals surface area (Å²) in [5, 5.41) is 17.3. The van der Waals surface area contributed by atoms with Crippen LogP contribution < -0.4 is 0 Å². The quantitative estimate of drug-likeness (QED) is 0.130. The van der Waals surface area contributed by atoms with Gasteiger partial charge in [0.05, 0.1) is 0 Å². The second-order valence-corrected chi connectivity index (χ2v) is 20.0. The van der Waals surface area contributed by atoms with E-state index in [0.29, 0.717) is 0 Å². The van der Waals surface area contributed by atoms with Gasteiger partial charge in [-0.2, -0.15) is 0 Å². The van der Waals surface area contributed by atoms with Crippen molar-refractivity contribution in [3.63, 3.8) is 0 Å². The zero-order valence-electron chi connectivity index (χ0n) is 36.0. The van der Waals surface area contributed by atoms with Gasteiger partial charge in [-0.05, 0) is 6.07 Å². The number of furan rings is 2. The van der Waals surface area contributed by atoms with Gasteiger partial charge in [-0.3, -0.25) is 0 Å². The summed E-state index contributed by atoms with van der Waals surface area (Å²) < 4.78 is 15.7. The van der Waals surface area contributed by atoms with Gasteiger partial charge in [-0.1, -0.05) is 30.3 Å². The van der Waals surface area contributed by atoms with Crippen molar-refractivity contribution in [2.75, 3.05) is 0 Å². The van der Waals surface area contributed by atoms with E-state index in [1.807, 2.05) is 12.1 Å². The van der Waals surface area contributed by atoms with E-state index >= 15 is 0 Å².